The standard InChI is InChI=1S/C23H20N2OS/c1-3-17-11-8-9-16(2)22(17)25-23(26)19-12-5-7-14-21(19)27-20-13-6-4-10-18(20)15-24/h4-14H,3H2,1-2H3,(H,25,26). The van der Waals surface area contributed by atoms with E-state index in [4.69, 9.17) is 0 Å². The number of carbonyl (C=O) groups is 1. The molecule has 0 radical (unpaired) electrons. The molecule has 0 atom stereocenters. The van der Waals surface area contributed by atoms with E-state index in [1.165, 1.54) is 11.8 Å². The zero-order valence-corrected chi connectivity index (χ0v) is 16.1. The van der Waals surface area contributed by atoms with Crippen LogP contribution in [0.1, 0.15) is 34.0 Å². The van der Waals surface area contributed by atoms with E-state index < -0.39 is 0 Å². The Labute approximate surface area is 164 Å². The summed E-state index contributed by atoms with van der Waals surface area (Å²) in [5.74, 6) is -0.142. The molecule has 1 N–H and O–H groups in total. The van der Waals surface area contributed by atoms with Crippen molar-refractivity contribution >= 4 is 23.4 Å². The van der Waals surface area contributed by atoms with Crippen LogP contribution in [0.25, 0.3) is 0 Å². The lowest BCUT2D eigenvalue weighted by Gasteiger charge is -2.15. The molecule has 0 saturated heterocycles. The molecule has 0 aliphatic carbocycles. The lowest BCUT2D eigenvalue weighted by atomic mass is 10.1. The highest BCUT2D eigenvalue weighted by Crippen LogP contribution is 2.33. The van der Waals surface area contributed by atoms with Gasteiger partial charge >= 0.3 is 0 Å². The molecular formula is C23H20N2OS. The normalized spacial score (nSPS) is 10.3. The van der Waals surface area contributed by atoms with Crippen LogP contribution in [0.3, 0.4) is 0 Å². The van der Waals surface area contributed by atoms with Gasteiger partial charge in [-0.2, -0.15) is 5.26 Å². The summed E-state index contributed by atoms with van der Waals surface area (Å²) in [6, 6.07) is 23.1. The quantitative estimate of drug-likeness (QED) is 0.613. The topological polar surface area (TPSA) is 52.9 Å². The number of nitrogens with zero attached hydrogens (tertiary/aromatic N) is 1. The first-order chi connectivity index (χ1) is 13.1. The van der Waals surface area contributed by atoms with E-state index in [1.54, 1.807) is 6.07 Å². The molecule has 3 nitrogen and oxygen atoms in total. The maximum atomic E-state index is 13.0. The van der Waals surface area contributed by atoms with Crippen LogP contribution < -0.4 is 5.32 Å². The SMILES string of the molecule is CCc1cccc(C)c1NC(=O)c1ccccc1Sc1ccccc1C#N. The van der Waals surface area contributed by atoms with Crippen molar-refractivity contribution in [2.45, 2.75) is 30.1 Å². The zero-order chi connectivity index (χ0) is 19.2. The molecule has 3 rings (SSSR count). The zero-order valence-electron chi connectivity index (χ0n) is 15.3. The molecular weight excluding hydrogens is 352 g/mol. The van der Waals surface area contributed by atoms with Gasteiger partial charge in [-0.1, -0.05) is 61.2 Å². The van der Waals surface area contributed by atoms with E-state index in [-0.39, 0.29) is 5.91 Å². The summed E-state index contributed by atoms with van der Waals surface area (Å²) in [5, 5.41) is 12.4. The summed E-state index contributed by atoms with van der Waals surface area (Å²) in [6.45, 7) is 4.08. The number of hydrogen-bond donors (Lipinski definition) is 1. The third-order valence-electron chi connectivity index (χ3n) is 4.34. The monoisotopic (exact) mass is 372 g/mol. The minimum Gasteiger partial charge on any atom is -0.321 e. The highest BCUT2D eigenvalue weighted by molar-refractivity contribution is 7.99. The highest BCUT2D eigenvalue weighted by Gasteiger charge is 2.15. The number of hydrogen-bond acceptors (Lipinski definition) is 3. The van der Waals surface area contributed by atoms with Gasteiger partial charge in [0.1, 0.15) is 6.07 Å². The number of nitriles is 1. The predicted octanol–water partition coefficient (Wildman–Crippen LogP) is 5.83. The van der Waals surface area contributed by atoms with Gasteiger partial charge in [0.15, 0.2) is 0 Å². The Bertz CT molecular complexity index is 1020. The van der Waals surface area contributed by atoms with Gasteiger partial charge < -0.3 is 5.32 Å². The average Bonchev–Trinajstić information content (AvgIpc) is 2.70. The van der Waals surface area contributed by atoms with Crippen molar-refractivity contribution in [2.24, 2.45) is 0 Å². The van der Waals surface area contributed by atoms with Gasteiger partial charge in [-0.15, -0.1) is 0 Å². The number of anilines is 1. The smallest absolute Gasteiger partial charge is 0.256 e. The van der Waals surface area contributed by atoms with Gasteiger partial charge in [0.05, 0.1) is 11.1 Å². The largest absolute Gasteiger partial charge is 0.321 e. The van der Waals surface area contributed by atoms with Crippen molar-refractivity contribution < 1.29 is 4.79 Å². The van der Waals surface area contributed by atoms with Crippen LogP contribution in [0.15, 0.2) is 76.5 Å². The molecule has 1 amide bonds. The lowest BCUT2D eigenvalue weighted by molar-refractivity contribution is 0.102. The first-order valence-corrected chi connectivity index (χ1v) is 9.61. The minimum atomic E-state index is -0.142. The first kappa shape index (κ1) is 18.8. The molecule has 0 fully saturated rings. The first-order valence-electron chi connectivity index (χ1n) is 8.80. The van der Waals surface area contributed by atoms with Gasteiger partial charge in [0.25, 0.3) is 5.91 Å². The third-order valence-corrected chi connectivity index (χ3v) is 5.49. The molecule has 0 spiro atoms. The van der Waals surface area contributed by atoms with Crippen molar-refractivity contribution in [1.82, 2.24) is 0 Å². The van der Waals surface area contributed by atoms with Gasteiger partial charge in [-0.05, 0) is 48.7 Å². The van der Waals surface area contributed by atoms with Gasteiger partial charge in [-0.25, -0.2) is 0 Å². The Hall–Kier alpha value is -3.03. The van der Waals surface area contributed by atoms with Crippen molar-refractivity contribution in [3.05, 3.63) is 89.0 Å². The number of rotatable bonds is 5. The summed E-state index contributed by atoms with van der Waals surface area (Å²) in [7, 11) is 0. The lowest BCUT2D eigenvalue weighted by Crippen LogP contribution is -2.15. The predicted molar refractivity (Wildman–Crippen MR) is 110 cm³/mol. The fraction of sp³-hybridized carbons (Fsp3) is 0.130. The van der Waals surface area contributed by atoms with Gasteiger partial charge in [0, 0.05) is 15.5 Å². The fourth-order valence-electron chi connectivity index (χ4n) is 2.89. The van der Waals surface area contributed by atoms with Crippen LogP contribution in [-0.2, 0) is 6.42 Å². The number of amides is 1. The van der Waals surface area contributed by atoms with Crippen LogP contribution in [0, 0.1) is 18.3 Å². The molecule has 0 bridgehead atoms. The number of para-hydroxylation sites is 1. The van der Waals surface area contributed by atoms with E-state index in [2.05, 4.69) is 18.3 Å². The Morgan fingerprint density at radius 1 is 1.00 bits per heavy atom. The van der Waals surface area contributed by atoms with E-state index in [0.29, 0.717) is 11.1 Å². The van der Waals surface area contributed by atoms with E-state index in [0.717, 1.165) is 33.0 Å². The maximum absolute atomic E-state index is 13.0. The summed E-state index contributed by atoms with van der Waals surface area (Å²) >= 11 is 1.44. The second-order valence-corrected chi connectivity index (χ2v) is 7.21. The van der Waals surface area contributed by atoms with Crippen LogP contribution in [0.2, 0.25) is 0 Å². The molecule has 3 aromatic carbocycles. The molecule has 27 heavy (non-hydrogen) atoms. The van der Waals surface area contributed by atoms with E-state index >= 15 is 0 Å². The minimum absolute atomic E-state index is 0.142. The molecule has 0 aliphatic rings. The molecule has 0 heterocycles. The maximum Gasteiger partial charge on any atom is 0.256 e. The number of nitrogens with one attached hydrogen (secondary N) is 1. The molecule has 0 unspecified atom stereocenters. The van der Waals surface area contributed by atoms with Crippen molar-refractivity contribution in [2.75, 3.05) is 5.32 Å². The number of carbonyl (C=O) groups excluding carboxylic acids is 1. The Kier molecular flexibility index (Phi) is 5.95. The number of aryl methyl sites for hydroxylation is 2. The van der Waals surface area contributed by atoms with Crippen molar-refractivity contribution in [1.29, 1.82) is 5.26 Å². The molecule has 3 aromatic rings. The third kappa shape index (κ3) is 4.21. The second-order valence-electron chi connectivity index (χ2n) is 6.12. The molecule has 4 heteroatoms. The van der Waals surface area contributed by atoms with Gasteiger partial charge in [-0.3, -0.25) is 4.79 Å². The van der Waals surface area contributed by atoms with Gasteiger partial charge in [0.2, 0.25) is 0 Å². The summed E-state index contributed by atoms with van der Waals surface area (Å²) in [6.07, 6.45) is 0.850. The highest BCUT2D eigenvalue weighted by atomic mass is 32.2. The molecule has 0 saturated carbocycles. The Morgan fingerprint density at radius 2 is 1.70 bits per heavy atom. The van der Waals surface area contributed by atoms with Crippen LogP contribution >= 0.6 is 11.8 Å². The molecule has 134 valence electrons. The summed E-state index contributed by atoms with van der Waals surface area (Å²) in [5.41, 5.74) is 4.23. The Balaban J connectivity index is 1.93. The van der Waals surface area contributed by atoms with E-state index in [9.17, 15) is 10.1 Å². The average molecular weight is 372 g/mol. The van der Waals surface area contributed by atoms with E-state index in [1.807, 2.05) is 67.6 Å². The fourth-order valence-corrected chi connectivity index (χ4v) is 3.92. The van der Waals surface area contributed by atoms with Crippen molar-refractivity contribution in [3.63, 3.8) is 0 Å². The van der Waals surface area contributed by atoms with Crippen molar-refractivity contribution in [3.8, 4) is 6.07 Å². The Morgan fingerprint density at radius 3 is 2.44 bits per heavy atom. The molecule has 0 aliphatic heterocycles. The van der Waals surface area contributed by atoms with Crippen LogP contribution in [0.5, 0.6) is 0 Å². The second kappa shape index (κ2) is 8.57. The number of benzene rings is 3. The summed E-state index contributed by atoms with van der Waals surface area (Å²) < 4.78 is 0. The summed E-state index contributed by atoms with van der Waals surface area (Å²) in [4.78, 5) is 14.7. The van der Waals surface area contributed by atoms with Crippen LogP contribution in [-0.4, -0.2) is 5.91 Å². The van der Waals surface area contributed by atoms with Crippen LogP contribution in [0.4, 0.5) is 5.69 Å². The molecule has 0 aromatic heterocycles.